The highest BCUT2D eigenvalue weighted by Crippen LogP contribution is 2.42. The number of rotatable bonds is 5. The summed E-state index contributed by atoms with van der Waals surface area (Å²) < 4.78 is 43.1. The minimum atomic E-state index is -4.53. The lowest BCUT2D eigenvalue weighted by Gasteiger charge is -2.13. The van der Waals surface area contributed by atoms with Gasteiger partial charge < -0.3 is 9.84 Å². The summed E-state index contributed by atoms with van der Waals surface area (Å²) in [6.07, 6.45) is 0. The summed E-state index contributed by atoms with van der Waals surface area (Å²) >= 11 is -0.394. The summed E-state index contributed by atoms with van der Waals surface area (Å²) in [6.45, 7) is 0.0959. The molecule has 0 atom stereocenters. The molecule has 0 unspecified atom stereocenters. The van der Waals surface area contributed by atoms with Crippen LogP contribution >= 0.6 is 11.8 Å². The van der Waals surface area contributed by atoms with Crippen LogP contribution in [0.5, 0.6) is 5.75 Å². The molecule has 0 heterocycles. The second kappa shape index (κ2) is 6.74. The Morgan fingerprint density at radius 2 is 1.82 bits per heavy atom. The summed E-state index contributed by atoms with van der Waals surface area (Å²) in [7, 11) is 0. The zero-order valence-corrected chi connectivity index (χ0v) is 11.9. The van der Waals surface area contributed by atoms with Crippen molar-refractivity contribution in [2.24, 2.45) is 0 Å². The minimum absolute atomic E-state index is 0.00354. The van der Waals surface area contributed by atoms with Gasteiger partial charge in [0.25, 0.3) is 0 Å². The Labute approximate surface area is 128 Å². The van der Waals surface area contributed by atoms with E-state index in [0.29, 0.717) is 0 Å². The van der Waals surface area contributed by atoms with Gasteiger partial charge in [-0.05, 0) is 35.5 Å². The van der Waals surface area contributed by atoms with Crippen molar-refractivity contribution in [3.8, 4) is 5.75 Å². The molecule has 7 heteroatoms. The third-order valence-electron chi connectivity index (χ3n) is 2.65. The summed E-state index contributed by atoms with van der Waals surface area (Å²) in [5.74, 6) is -1.30. The van der Waals surface area contributed by atoms with Crippen LogP contribution in [0.2, 0.25) is 0 Å². The number of carbonyl (C=O) groups is 1. The number of carboxylic acids is 1. The van der Waals surface area contributed by atoms with E-state index in [1.807, 2.05) is 6.07 Å². The van der Waals surface area contributed by atoms with Crippen LogP contribution in [0.1, 0.15) is 15.9 Å². The number of hydrogen-bond donors (Lipinski definition) is 1. The highest BCUT2D eigenvalue weighted by molar-refractivity contribution is 8.00. The highest BCUT2D eigenvalue weighted by atomic mass is 32.2. The van der Waals surface area contributed by atoms with E-state index < -0.39 is 23.2 Å². The number of hydrogen-bond acceptors (Lipinski definition) is 3. The first-order valence-corrected chi connectivity index (χ1v) is 6.96. The Bertz CT molecular complexity index is 657. The van der Waals surface area contributed by atoms with E-state index in [4.69, 9.17) is 9.84 Å². The lowest BCUT2D eigenvalue weighted by atomic mass is 10.2. The third-order valence-corrected chi connectivity index (χ3v) is 3.42. The second-order valence-electron chi connectivity index (χ2n) is 4.29. The maximum Gasteiger partial charge on any atom is 0.446 e. The Hall–Kier alpha value is -2.15. The van der Waals surface area contributed by atoms with E-state index in [-0.39, 0.29) is 22.8 Å². The first kappa shape index (κ1) is 16.2. The molecule has 0 amide bonds. The largest absolute Gasteiger partial charge is 0.488 e. The van der Waals surface area contributed by atoms with Crippen molar-refractivity contribution < 1.29 is 27.8 Å². The molecule has 0 aromatic heterocycles. The van der Waals surface area contributed by atoms with E-state index in [0.717, 1.165) is 11.6 Å². The molecule has 0 aliphatic carbocycles. The number of alkyl halides is 3. The van der Waals surface area contributed by atoms with Crippen LogP contribution in [0.25, 0.3) is 0 Å². The number of aromatic carboxylic acids is 1. The number of carboxylic acid groups (broad SMARTS) is 1. The first-order valence-electron chi connectivity index (χ1n) is 6.15. The van der Waals surface area contributed by atoms with E-state index in [1.165, 1.54) is 12.1 Å². The van der Waals surface area contributed by atoms with Crippen LogP contribution in [0, 0.1) is 0 Å². The monoisotopic (exact) mass is 328 g/mol. The van der Waals surface area contributed by atoms with Crippen LogP contribution in [-0.2, 0) is 6.61 Å². The molecule has 2 aromatic carbocycles. The van der Waals surface area contributed by atoms with E-state index in [2.05, 4.69) is 0 Å². The topological polar surface area (TPSA) is 46.5 Å². The van der Waals surface area contributed by atoms with Gasteiger partial charge in [-0.3, -0.25) is 0 Å². The molecule has 0 aliphatic rings. The van der Waals surface area contributed by atoms with Gasteiger partial charge in [-0.1, -0.05) is 30.3 Å². The van der Waals surface area contributed by atoms with Crippen LogP contribution in [-0.4, -0.2) is 16.6 Å². The maximum atomic E-state index is 12.6. The molecule has 1 N–H and O–H groups in total. The molecule has 2 aromatic rings. The van der Waals surface area contributed by atoms with Gasteiger partial charge in [0.15, 0.2) is 0 Å². The number of ether oxygens (including phenoxy) is 1. The second-order valence-corrected chi connectivity index (χ2v) is 5.40. The molecule has 0 saturated carbocycles. The van der Waals surface area contributed by atoms with Crippen molar-refractivity contribution in [1.29, 1.82) is 0 Å². The summed E-state index contributed by atoms with van der Waals surface area (Å²) in [5.41, 5.74) is -3.95. The summed E-state index contributed by atoms with van der Waals surface area (Å²) in [4.78, 5) is 10.6. The molecular weight excluding hydrogens is 317 g/mol. The predicted octanol–water partition coefficient (Wildman–Crippen LogP) is 4.58. The number of thioether (sulfide) groups is 1. The fourth-order valence-electron chi connectivity index (χ4n) is 1.70. The Kier molecular flexibility index (Phi) is 4.97. The molecule has 0 fully saturated rings. The first-order chi connectivity index (χ1) is 10.3. The number of benzene rings is 2. The van der Waals surface area contributed by atoms with Gasteiger partial charge in [0, 0.05) is 0 Å². The Balaban J connectivity index is 2.23. The smallest absolute Gasteiger partial charge is 0.446 e. The maximum absolute atomic E-state index is 12.6. The van der Waals surface area contributed by atoms with E-state index >= 15 is 0 Å². The van der Waals surface area contributed by atoms with Gasteiger partial charge in [-0.2, -0.15) is 13.2 Å². The molecule has 0 aliphatic heterocycles. The van der Waals surface area contributed by atoms with E-state index in [1.54, 1.807) is 24.3 Å². The molecule has 0 saturated heterocycles. The fourth-order valence-corrected chi connectivity index (χ4v) is 2.36. The summed E-state index contributed by atoms with van der Waals surface area (Å²) in [5, 5.41) is 8.88. The average Bonchev–Trinajstić information content (AvgIpc) is 2.45. The minimum Gasteiger partial charge on any atom is -0.488 e. The van der Waals surface area contributed by atoms with Gasteiger partial charge >= 0.3 is 11.5 Å². The quantitative estimate of drug-likeness (QED) is 0.816. The van der Waals surface area contributed by atoms with Gasteiger partial charge in [0.2, 0.25) is 0 Å². The highest BCUT2D eigenvalue weighted by Gasteiger charge is 2.31. The van der Waals surface area contributed by atoms with Gasteiger partial charge in [0.1, 0.15) is 12.4 Å². The molecular formula is C15H11F3O3S. The lowest BCUT2D eigenvalue weighted by molar-refractivity contribution is -0.0329. The zero-order chi connectivity index (χ0) is 16.2. The van der Waals surface area contributed by atoms with Crippen molar-refractivity contribution >= 4 is 17.7 Å². The van der Waals surface area contributed by atoms with Crippen molar-refractivity contribution in [3.63, 3.8) is 0 Å². The molecule has 0 radical (unpaired) electrons. The standard InChI is InChI=1S/C15H11F3O3S/c16-15(17,18)22-13-8-11(14(19)20)6-7-12(13)21-9-10-4-2-1-3-5-10/h1-8H,9H2,(H,19,20). The Morgan fingerprint density at radius 3 is 2.41 bits per heavy atom. The molecule has 3 nitrogen and oxygen atoms in total. The molecule has 22 heavy (non-hydrogen) atoms. The molecule has 0 bridgehead atoms. The Morgan fingerprint density at radius 1 is 1.14 bits per heavy atom. The SMILES string of the molecule is O=C(O)c1ccc(OCc2ccccc2)c(SC(F)(F)F)c1. The van der Waals surface area contributed by atoms with Gasteiger partial charge in [0.05, 0.1) is 10.5 Å². The zero-order valence-electron chi connectivity index (χ0n) is 11.1. The third kappa shape index (κ3) is 4.70. The lowest BCUT2D eigenvalue weighted by Crippen LogP contribution is -2.04. The van der Waals surface area contributed by atoms with E-state index in [9.17, 15) is 18.0 Å². The van der Waals surface area contributed by atoms with Crippen molar-refractivity contribution in [1.82, 2.24) is 0 Å². The summed E-state index contributed by atoms with van der Waals surface area (Å²) in [6, 6.07) is 12.4. The van der Waals surface area contributed by atoms with Gasteiger partial charge in [-0.15, -0.1) is 0 Å². The van der Waals surface area contributed by atoms with Crippen molar-refractivity contribution in [2.75, 3.05) is 0 Å². The average molecular weight is 328 g/mol. The predicted molar refractivity (Wildman–Crippen MR) is 76.1 cm³/mol. The molecule has 0 spiro atoms. The molecule has 116 valence electrons. The van der Waals surface area contributed by atoms with Crippen LogP contribution in [0.4, 0.5) is 13.2 Å². The number of halogens is 3. The van der Waals surface area contributed by atoms with Crippen molar-refractivity contribution in [3.05, 3.63) is 59.7 Å². The van der Waals surface area contributed by atoms with Crippen LogP contribution in [0.3, 0.4) is 0 Å². The normalized spacial score (nSPS) is 11.2. The fraction of sp³-hybridized carbons (Fsp3) is 0.133. The van der Waals surface area contributed by atoms with Crippen LogP contribution in [0.15, 0.2) is 53.4 Å². The van der Waals surface area contributed by atoms with Gasteiger partial charge in [-0.25, -0.2) is 4.79 Å². The molecule has 2 rings (SSSR count). The van der Waals surface area contributed by atoms with Crippen molar-refractivity contribution in [2.45, 2.75) is 17.0 Å². The van der Waals surface area contributed by atoms with Crippen LogP contribution < -0.4 is 4.74 Å².